The van der Waals surface area contributed by atoms with Gasteiger partial charge in [0.15, 0.2) is 0 Å². The summed E-state index contributed by atoms with van der Waals surface area (Å²) in [7, 11) is 3.11. The van der Waals surface area contributed by atoms with E-state index in [-0.39, 0.29) is 17.4 Å². The minimum atomic E-state index is -0.443. The van der Waals surface area contributed by atoms with Gasteiger partial charge in [0.1, 0.15) is 17.3 Å². The molecule has 2 aromatic carbocycles. The predicted molar refractivity (Wildman–Crippen MR) is 133 cm³/mol. The Labute approximate surface area is 202 Å². The van der Waals surface area contributed by atoms with Crippen LogP contribution in [0.2, 0.25) is 0 Å². The van der Waals surface area contributed by atoms with Crippen molar-refractivity contribution in [2.75, 3.05) is 20.8 Å². The lowest BCUT2D eigenvalue weighted by Gasteiger charge is -2.32. The van der Waals surface area contributed by atoms with Crippen molar-refractivity contribution in [1.82, 2.24) is 14.5 Å². The van der Waals surface area contributed by atoms with Gasteiger partial charge in [-0.05, 0) is 40.9 Å². The van der Waals surface area contributed by atoms with Crippen LogP contribution in [0.25, 0.3) is 16.6 Å². The van der Waals surface area contributed by atoms with E-state index < -0.39 is 6.04 Å². The summed E-state index contributed by atoms with van der Waals surface area (Å²) in [4.78, 5) is 33.4. The topological polar surface area (TPSA) is 73.7 Å². The molecule has 1 heterocycles. The summed E-state index contributed by atoms with van der Waals surface area (Å²) in [6, 6.07) is 10.3. The fraction of sp³-hybridized carbons (Fsp3) is 0.400. The Morgan fingerprint density at radius 2 is 1.85 bits per heavy atom. The smallest absolute Gasteiger partial charge is 0.266 e. The number of halogens is 1. The maximum Gasteiger partial charge on any atom is 0.266 e. The highest BCUT2D eigenvalue weighted by atomic mass is 79.9. The van der Waals surface area contributed by atoms with Crippen LogP contribution in [0, 0.1) is 5.92 Å². The van der Waals surface area contributed by atoms with Gasteiger partial charge in [0.05, 0.1) is 41.3 Å². The van der Waals surface area contributed by atoms with Crippen LogP contribution >= 0.6 is 15.9 Å². The van der Waals surface area contributed by atoms with E-state index in [1.54, 1.807) is 41.9 Å². The van der Waals surface area contributed by atoms with E-state index >= 15 is 0 Å². The third-order valence-electron chi connectivity index (χ3n) is 5.52. The third kappa shape index (κ3) is 4.90. The minimum absolute atomic E-state index is 0.00689. The van der Waals surface area contributed by atoms with E-state index in [4.69, 9.17) is 14.5 Å². The van der Waals surface area contributed by atoms with Crippen molar-refractivity contribution < 1.29 is 14.3 Å². The number of para-hydroxylation sites is 1. The average molecular weight is 516 g/mol. The van der Waals surface area contributed by atoms with E-state index in [0.717, 1.165) is 0 Å². The van der Waals surface area contributed by atoms with Crippen molar-refractivity contribution in [2.24, 2.45) is 5.92 Å². The van der Waals surface area contributed by atoms with E-state index in [9.17, 15) is 9.59 Å². The van der Waals surface area contributed by atoms with Crippen LogP contribution < -0.4 is 15.0 Å². The van der Waals surface area contributed by atoms with Gasteiger partial charge in [-0.2, -0.15) is 0 Å². The van der Waals surface area contributed by atoms with Gasteiger partial charge in [-0.1, -0.05) is 32.9 Å². The molecule has 3 aromatic rings. The second-order valence-corrected chi connectivity index (χ2v) is 9.05. The molecule has 0 spiro atoms. The van der Waals surface area contributed by atoms with Crippen molar-refractivity contribution in [3.05, 3.63) is 57.0 Å². The number of carbonyl (C=O) groups is 1. The molecule has 0 saturated carbocycles. The molecule has 1 atom stereocenters. The number of fused-ring (bicyclic) bond motifs is 1. The Balaban J connectivity index is 2.39. The van der Waals surface area contributed by atoms with Gasteiger partial charge in [-0.25, -0.2) is 4.98 Å². The maximum absolute atomic E-state index is 13.8. The number of hydrogen-bond donors (Lipinski definition) is 0. The Bertz CT molecular complexity index is 1220. The van der Waals surface area contributed by atoms with E-state index in [0.29, 0.717) is 51.4 Å². The van der Waals surface area contributed by atoms with Crippen molar-refractivity contribution in [1.29, 1.82) is 0 Å². The number of ether oxygens (including phenoxy) is 2. The standard InChI is InChI=1S/C25H30BrN3O4/c1-7-22(30)28(14-15(2)3)16(4)24-27-19-11-9-8-10-18(19)25(31)29(24)20-12-17(32-5)13-21(33-6)23(20)26/h8-13,15-16H,7,14H2,1-6H3. The van der Waals surface area contributed by atoms with E-state index in [2.05, 4.69) is 29.8 Å². The van der Waals surface area contributed by atoms with Gasteiger partial charge < -0.3 is 14.4 Å². The van der Waals surface area contributed by atoms with E-state index in [1.165, 1.54) is 0 Å². The fourth-order valence-electron chi connectivity index (χ4n) is 3.86. The minimum Gasteiger partial charge on any atom is -0.497 e. The summed E-state index contributed by atoms with van der Waals surface area (Å²) in [5, 5.41) is 0.486. The molecule has 1 unspecified atom stereocenters. The lowest BCUT2D eigenvalue weighted by Crippen LogP contribution is -2.39. The summed E-state index contributed by atoms with van der Waals surface area (Å²) in [6.45, 7) is 8.43. The van der Waals surface area contributed by atoms with Crippen molar-refractivity contribution in [3.8, 4) is 17.2 Å². The van der Waals surface area contributed by atoms with E-state index in [1.807, 2.05) is 32.0 Å². The molecule has 7 nitrogen and oxygen atoms in total. The molecule has 0 radical (unpaired) electrons. The Kier molecular flexibility index (Phi) is 7.79. The second-order valence-electron chi connectivity index (χ2n) is 8.26. The predicted octanol–water partition coefficient (Wildman–Crippen LogP) is 5.12. The summed E-state index contributed by atoms with van der Waals surface area (Å²) in [6.07, 6.45) is 0.367. The lowest BCUT2D eigenvalue weighted by atomic mass is 10.1. The first-order chi connectivity index (χ1) is 15.7. The van der Waals surface area contributed by atoms with Gasteiger partial charge in [0.25, 0.3) is 5.56 Å². The van der Waals surface area contributed by atoms with Crippen LogP contribution in [0.1, 0.15) is 46.0 Å². The number of carbonyl (C=O) groups excluding carboxylic acids is 1. The molecule has 0 bridgehead atoms. The summed E-state index contributed by atoms with van der Waals surface area (Å²) in [5.74, 6) is 1.79. The molecule has 1 aromatic heterocycles. The molecular formula is C25H30BrN3O4. The molecule has 0 aliphatic carbocycles. The highest BCUT2D eigenvalue weighted by Crippen LogP contribution is 2.37. The van der Waals surface area contributed by atoms with Crippen LogP contribution in [-0.2, 0) is 4.79 Å². The van der Waals surface area contributed by atoms with Crippen LogP contribution in [-0.4, -0.2) is 41.1 Å². The maximum atomic E-state index is 13.8. The van der Waals surface area contributed by atoms with Crippen LogP contribution in [0.3, 0.4) is 0 Å². The molecule has 1 amide bonds. The molecule has 3 rings (SSSR count). The lowest BCUT2D eigenvalue weighted by molar-refractivity contribution is -0.133. The van der Waals surface area contributed by atoms with Gasteiger partial charge in [0.2, 0.25) is 5.91 Å². The molecule has 176 valence electrons. The monoisotopic (exact) mass is 515 g/mol. The summed E-state index contributed by atoms with van der Waals surface area (Å²) < 4.78 is 13.1. The molecule has 8 heteroatoms. The number of hydrogen-bond acceptors (Lipinski definition) is 5. The quantitative estimate of drug-likeness (QED) is 0.416. The largest absolute Gasteiger partial charge is 0.497 e. The molecule has 0 saturated heterocycles. The first-order valence-corrected chi connectivity index (χ1v) is 11.8. The number of rotatable bonds is 8. The number of benzene rings is 2. The molecule has 33 heavy (non-hydrogen) atoms. The summed E-state index contributed by atoms with van der Waals surface area (Å²) in [5.41, 5.74) is 0.886. The first-order valence-electron chi connectivity index (χ1n) is 11.0. The van der Waals surface area contributed by atoms with Crippen molar-refractivity contribution in [3.63, 3.8) is 0 Å². The number of nitrogens with zero attached hydrogens (tertiary/aromatic N) is 3. The van der Waals surface area contributed by atoms with Gasteiger partial charge in [-0.3, -0.25) is 14.2 Å². The highest BCUT2D eigenvalue weighted by molar-refractivity contribution is 9.10. The zero-order valence-electron chi connectivity index (χ0n) is 19.9. The Morgan fingerprint density at radius 1 is 1.15 bits per heavy atom. The molecule has 0 fully saturated rings. The molecule has 0 aliphatic rings. The van der Waals surface area contributed by atoms with Gasteiger partial charge >= 0.3 is 0 Å². The molecule has 0 N–H and O–H groups in total. The zero-order chi connectivity index (χ0) is 24.3. The Morgan fingerprint density at radius 3 is 2.45 bits per heavy atom. The van der Waals surface area contributed by atoms with Crippen LogP contribution in [0.15, 0.2) is 45.7 Å². The highest BCUT2D eigenvalue weighted by Gasteiger charge is 2.28. The van der Waals surface area contributed by atoms with Crippen LogP contribution in [0.5, 0.6) is 11.5 Å². The van der Waals surface area contributed by atoms with Crippen molar-refractivity contribution in [2.45, 2.75) is 40.2 Å². The number of methoxy groups -OCH3 is 2. The van der Waals surface area contributed by atoms with Crippen molar-refractivity contribution >= 4 is 32.7 Å². The van der Waals surface area contributed by atoms with Crippen LogP contribution in [0.4, 0.5) is 0 Å². The Hall–Kier alpha value is -2.87. The molecule has 0 aliphatic heterocycles. The number of amides is 1. The second kappa shape index (κ2) is 10.4. The summed E-state index contributed by atoms with van der Waals surface area (Å²) >= 11 is 3.59. The van der Waals surface area contributed by atoms with Gasteiger partial charge in [-0.15, -0.1) is 0 Å². The SMILES string of the molecule is CCC(=O)N(CC(C)C)C(C)c1nc2ccccc2c(=O)n1-c1cc(OC)cc(OC)c1Br. The average Bonchev–Trinajstić information content (AvgIpc) is 2.82. The first kappa shape index (κ1) is 24.8. The molecular weight excluding hydrogens is 486 g/mol. The zero-order valence-corrected chi connectivity index (χ0v) is 21.5. The van der Waals surface area contributed by atoms with Gasteiger partial charge in [0, 0.05) is 25.1 Å². The normalized spacial score (nSPS) is 12.1. The fourth-order valence-corrected chi connectivity index (χ4v) is 4.43. The number of aromatic nitrogens is 2. The third-order valence-corrected chi connectivity index (χ3v) is 6.31.